The van der Waals surface area contributed by atoms with Gasteiger partial charge >= 0.3 is 5.97 Å². The van der Waals surface area contributed by atoms with Crippen LogP contribution in [0.15, 0.2) is 23.1 Å². The molecule has 246 valence electrons. The van der Waals surface area contributed by atoms with Crippen molar-refractivity contribution in [2.75, 3.05) is 44.2 Å². The molecule has 2 aromatic rings. The number of aryl methyl sites for hydroxylation is 1. The van der Waals surface area contributed by atoms with Crippen molar-refractivity contribution in [3.63, 3.8) is 0 Å². The highest BCUT2D eigenvalue weighted by Gasteiger charge is 2.69. The number of hydrogen-bond donors (Lipinski definition) is 1. The number of carboxylic acid groups (broad SMARTS) is 1. The third-order valence-electron chi connectivity index (χ3n) is 11.2. The molecule has 12 heteroatoms. The Morgan fingerprint density at radius 3 is 2.62 bits per heavy atom. The summed E-state index contributed by atoms with van der Waals surface area (Å²) in [4.78, 5) is 40.7. The summed E-state index contributed by atoms with van der Waals surface area (Å²) in [6.07, 6.45) is 4.33. The van der Waals surface area contributed by atoms with E-state index < -0.39 is 41.2 Å². The third-order valence-corrected chi connectivity index (χ3v) is 11.2. The average Bonchev–Trinajstić information content (AvgIpc) is 3.25. The molecule has 1 aliphatic carbocycles. The molecule has 1 spiro atoms. The van der Waals surface area contributed by atoms with E-state index in [9.17, 15) is 14.7 Å². The van der Waals surface area contributed by atoms with Crippen LogP contribution < -0.4 is 10.3 Å². The Morgan fingerprint density at radius 1 is 1.11 bits per heavy atom. The Labute approximate surface area is 262 Å². The lowest BCUT2D eigenvalue weighted by Crippen LogP contribution is -2.70. The van der Waals surface area contributed by atoms with Gasteiger partial charge in [-0.2, -0.15) is 0 Å². The molecule has 0 radical (unpaired) electrons. The molecule has 8 atom stereocenters. The third kappa shape index (κ3) is 5.08. The molecule has 8 rings (SSSR count). The largest absolute Gasteiger partial charge is 0.477 e. The number of piperazine rings is 1. The van der Waals surface area contributed by atoms with E-state index in [4.69, 9.17) is 24.0 Å². The van der Waals surface area contributed by atoms with Crippen molar-refractivity contribution in [1.29, 1.82) is 0 Å². The zero-order chi connectivity index (χ0) is 31.7. The highest BCUT2D eigenvalue weighted by Crippen LogP contribution is 2.60. The van der Waals surface area contributed by atoms with Gasteiger partial charge in [0.2, 0.25) is 11.2 Å². The molecule has 1 N–H and O–H groups in total. The highest BCUT2D eigenvalue weighted by atomic mass is 19.1. The van der Waals surface area contributed by atoms with Crippen LogP contribution in [0.3, 0.4) is 0 Å². The number of aromatic carboxylic acids is 1. The van der Waals surface area contributed by atoms with Gasteiger partial charge in [0.15, 0.2) is 18.2 Å². The summed E-state index contributed by atoms with van der Waals surface area (Å²) in [6.45, 7) is 12.6. The van der Waals surface area contributed by atoms with Gasteiger partial charge in [-0.25, -0.2) is 19.0 Å². The maximum absolute atomic E-state index is 15.3. The lowest BCUT2D eigenvalue weighted by Gasteiger charge is -2.60. The van der Waals surface area contributed by atoms with Crippen LogP contribution in [-0.2, 0) is 30.5 Å². The molecule has 6 aliphatic rings. The summed E-state index contributed by atoms with van der Waals surface area (Å²) >= 11 is 0. The van der Waals surface area contributed by atoms with E-state index in [1.807, 2.05) is 18.7 Å². The average molecular weight is 630 g/mol. The summed E-state index contributed by atoms with van der Waals surface area (Å²) in [6, 6.07) is 2.85. The van der Waals surface area contributed by atoms with Gasteiger partial charge in [-0.15, -0.1) is 0 Å². The summed E-state index contributed by atoms with van der Waals surface area (Å²) in [5, 5.41) is 9.50. The number of ether oxygens (including phenoxy) is 3. The Kier molecular flexibility index (Phi) is 7.97. The Balaban J connectivity index is 0.984. The fourth-order valence-electron chi connectivity index (χ4n) is 8.63. The number of pyridine rings is 1. The van der Waals surface area contributed by atoms with E-state index in [2.05, 4.69) is 18.7 Å². The predicted molar refractivity (Wildman–Crippen MR) is 162 cm³/mol. The van der Waals surface area contributed by atoms with E-state index in [1.54, 1.807) is 10.6 Å². The van der Waals surface area contributed by atoms with E-state index in [0.29, 0.717) is 55.8 Å². The van der Waals surface area contributed by atoms with Crippen LogP contribution in [0.4, 0.5) is 10.1 Å². The lowest BCUT2D eigenvalue weighted by atomic mass is 9.58. The normalized spacial score (nSPS) is 36.6. The first-order valence-corrected chi connectivity index (χ1v) is 16.4. The molecule has 2 bridgehead atoms. The first kappa shape index (κ1) is 31.0. The van der Waals surface area contributed by atoms with Gasteiger partial charge in [0.05, 0.1) is 17.8 Å². The Bertz CT molecular complexity index is 1530. The quantitative estimate of drug-likeness (QED) is 0.448. The first-order chi connectivity index (χ1) is 21.5. The summed E-state index contributed by atoms with van der Waals surface area (Å²) in [7, 11) is 0. The fourth-order valence-corrected chi connectivity index (χ4v) is 8.63. The zero-order valence-corrected chi connectivity index (χ0v) is 26.5. The molecule has 45 heavy (non-hydrogen) atoms. The van der Waals surface area contributed by atoms with Crippen LogP contribution >= 0.6 is 0 Å². The van der Waals surface area contributed by atoms with Crippen molar-refractivity contribution in [1.82, 2.24) is 9.47 Å². The van der Waals surface area contributed by atoms with Gasteiger partial charge in [-0.3, -0.25) is 9.69 Å². The summed E-state index contributed by atoms with van der Waals surface area (Å²) < 4.78 is 36.4. The van der Waals surface area contributed by atoms with Gasteiger partial charge in [0, 0.05) is 69.1 Å². The van der Waals surface area contributed by atoms with Crippen molar-refractivity contribution in [3.05, 3.63) is 39.9 Å². The van der Waals surface area contributed by atoms with Crippen molar-refractivity contribution in [3.8, 4) is 0 Å². The number of anilines is 1. The van der Waals surface area contributed by atoms with Crippen molar-refractivity contribution in [2.45, 2.75) is 83.9 Å². The highest BCUT2D eigenvalue weighted by molar-refractivity contribution is 5.93. The Hall–Kier alpha value is -2.61. The minimum Gasteiger partial charge on any atom is -0.477 e. The molecule has 0 unspecified atom stereocenters. The van der Waals surface area contributed by atoms with Crippen LogP contribution in [0.25, 0.3) is 10.9 Å². The second kappa shape index (κ2) is 11.6. The van der Waals surface area contributed by atoms with E-state index in [-0.39, 0.29) is 22.8 Å². The molecule has 1 aromatic heterocycles. The van der Waals surface area contributed by atoms with Crippen molar-refractivity contribution in [2.24, 2.45) is 23.7 Å². The molecule has 5 saturated heterocycles. The number of nitrogens with zero attached hydrogens (tertiary/aromatic N) is 3. The van der Waals surface area contributed by atoms with Crippen molar-refractivity contribution < 1.29 is 38.3 Å². The van der Waals surface area contributed by atoms with Gasteiger partial charge < -0.3 is 28.8 Å². The minimum atomic E-state index is -1.32. The molecule has 1 aromatic carbocycles. The Morgan fingerprint density at radius 2 is 1.89 bits per heavy atom. The van der Waals surface area contributed by atoms with Crippen LogP contribution in [0.5, 0.6) is 0 Å². The van der Waals surface area contributed by atoms with E-state index >= 15 is 4.39 Å². The number of aromatic nitrogens is 1. The number of fused-ring (bicyclic) bond motifs is 3. The predicted octanol–water partition coefficient (Wildman–Crippen LogP) is 4.21. The number of halogens is 1. The minimum absolute atomic E-state index is 0.0763. The monoisotopic (exact) mass is 629 g/mol. The standard InChI is InChI=1S/C33H44FN3O8/c1-5-36-18-22(29(39)40)28(38)21-16-25(34)27(17-26(21)36)37-12-10-35(11-13-37)14-15-41-30-20(3)24-7-6-19(2)23-8-9-32(4)43-31(42-30)33(23,24)45-44-32/h16-20,23-24,30-31H,5-15H2,1-4H3,(H,39,40)/t19-,20-,23+,24+,30+,31-,32-,33-/m1/s1. The maximum atomic E-state index is 15.3. The number of hydrogen-bond acceptors (Lipinski definition) is 9. The van der Waals surface area contributed by atoms with E-state index in [0.717, 1.165) is 38.8 Å². The maximum Gasteiger partial charge on any atom is 0.341 e. The van der Waals surface area contributed by atoms with Crippen LogP contribution in [0, 0.1) is 29.5 Å². The van der Waals surface area contributed by atoms with Crippen LogP contribution in [-0.4, -0.2) is 83.8 Å². The number of carbonyl (C=O) groups is 1. The molecule has 1 saturated carbocycles. The zero-order valence-electron chi connectivity index (χ0n) is 26.5. The van der Waals surface area contributed by atoms with Gasteiger partial charge in [-0.1, -0.05) is 13.8 Å². The topological polar surface area (TPSA) is 112 Å². The van der Waals surface area contributed by atoms with Gasteiger partial charge in [0.25, 0.3) is 0 Å². The number of rotatable bonds is 7. The van der Waals surface area contributed by atoms with Crippen LogP contribution in [0.2, 0.25) is 0 Å². The first-order valence-electron chi connectivity index (χ1n) is 16.4. The van der Waals surface area contributed by atoms with Crippen LogP contribution in [0.1, 0.15) is 63.7 Å². The molecular weight excluding hydrogens is 585 g/mol. The molecule has 6 fully saturated rings. The molecule has 0 amide bonds. The molecular formula is C33H44FN3O8. The summed E-state index contributed by atoms with van der Waals surface area (Å²) in [5.74, 6) is -1.51. The number of benzene rings is 1. The molecule has 11 nitrogen and oxygen atoms in total. The van der Waals surface area contributed by atoms with Gasteiger partial charge in [-0.05, 0) is 57.1 Å². The molecule has 5 aliphatic heterocycles. The van der Waals surface area contributed by atoms with E-state index in [1.165, 1.54) is 12.3 Å². The van der Waals surface area contributed by atoms with Crippen molar-refractivity contribution >= 4 is 22.6 Å². The molecule has 6 heterocycles. The lowest BCUT2D eigenvalue weighted by molar-refractivity contribution is -0.577. The SMILES string of the molecule is CCn1cc(C(=O)O)c(=O)c2cc(F)c(N3CCN(CCO[C@H]4O[C@@H]5O[C@@]6(C)CC[C@H]7[C@H](C)CC[C@@H]([C@H]4C)[C@@]57OO6)CC3)cc21. The number of carboxylic acids is 1. The smallest absolute Gasteiger partial charge is 0.341 e. The van der Waals surface area contributed by atoms with Gasteiger partial charge in [0.1, 0.15) is 11.4 Å². The fraction of sp³-hybridized carbons (Fsp3) is 0.697. The summed E-state index contributed by atoms with van der Waals surface area (Å²) in [5.41, 5.74) is -0.693. The second-order valence-electron chi connectivity index (χ2n) is 13.8. The second-order valence-corrected chi connectivity index (χ2v) is 13.8.